The molecular formula is C14H24O3S. The van der Waals surface area contributed by atoms with E-state index in [-0.39, 0.29) is 0 Å². The maximum absolute atomic E-state index is 11.5. The third kappa shape index (κ3) is 4.25. The molecule has 3 nitrogen and oxygen atoms in total. The van der Waals surface area contributed by atoms with Crippen molar-refractivity contribution in [3.8, 4) is 0 Å². The SMILES string of the molecule is CCCCCCCCC1(S(=O)(=O)O)C=CC=CC1. The quantitative estimate of drug-likeness (QED) is 0.539. The molecule has 0 saturated carbocycles. The highest BCUT2D eigenvalue weighted by molar-refractivity contribution is 7.87. The molecule has 0 heterocycles. The molecule has 0 aromatic carbocycles. The largest absolute Gasteiger partial charge is 0.285 e. The average Bonchev–Trinajstić information content (AvgIpc) is 2.33. The highest BCUT2D eigenvalue weighted by Gasteiger charge is 2.39. The first-order valence-electron chi connectivity index (χ1n) is 6.83. The molecule has 0 aromatic heterocycles. The van der Waals surface area contributed by atoms with Crippen LogP contribution in [-0.4, -0.2) is 17.7 Å². The molecule has 0 aromatic rings. The van der Waals surface area contributed by atoms with Gasteiger partial charge in [-0.1, -0.05) is 69.8 Å². The van der Waals surface area contributed by atoms with Gasteiger partial charge in [0.25, 0.3) is 10.1 Å². The van der Waals surface area contributed by atoms with E-state index in [4.69, 9.17) is 0 Å². The van der Waals surface area contributed by atoms with E-state index in [1.807, 2.05) is 12.2 Å². The van der Waals surface area contributed by atoms with Crippen LogP contribution in [0.3, 0.4) is 0 Å². The topological polar surface area (TPSA) is 54.4 Å². The van der Waals surface area contributed by atoms with Gasteiger partial charge >= 0.3 is 0 Å². The van der Waals surface area contributed by atoms with Gasteiger partial charge in [0.2, 0.25) is 0 Å². The van der Waals surface area contributed by atoms with Crippen LogP contribution < -0.4 is 0 Å². The number of allylic oxidation sites excluding steroid dienone is 3. The Hall–Kier alpha value is -0.610. The molecule has 1 rings (SSSR count). The summed E-state index contributed by atoms with van der Waals surface area (Å²) < 4.78 is 31.4. The molecule has 0 spiro atoms. The number of hydrogen-bond acceptors (Lipinski definition) is 2. The van der Waals surface area contributed by atoms with E-state index in [0.717, 1.165) is 19.3 Å². The van der Waals surface area contributed by atoms with E-state index < -0.39 is 14.9 Å². The minimum absolute atomic E-state index is 0.386. The summed E-state index contributed by atoms with van der Waals surface area (Å²) in [5, 5.41) is 0. The molecule has 1 unspecified atom stereocenters. The van der Waals surface area contributed by atoms with Gasteiger partial charge in [-0.2, -0.15) is 8.42 Å². The van der Waals surface area contributed by atoms with Gasteiger partial charge in [0.1, 0.15) is 4.75 Å². The van der Waals surface area contributed by atoms with Gasteiger partial charge in [-0.05, 0) is 12.8 Å². The zero-order chi connectivity index (χ0) is 13.5. The Morgan fingerprint density at radius 1 is 1.11 bits per heavy atom. The molecule has 1 aliphatic rings. The van der Waals surface area contributed by atoms with Gasteiger partial charge in [-0.15, -0.1) is 0 Å². The molecule has 0 radical (unpaired) electrons. The van der Waals surface area contributed by atoms with Crippen LogP contribution in [0.4, 0.5) is 0 Å². The third-order valence-corrected chi connectivity index (χ3v) is 5.11. The second kappa shape index (κ2) is 7.10. The van der Waals surface area contributed by atoms with Crippen LogP contribution in [0.5, 0.6) is 0 Å². The molecule has 1 aliphatic carbocycles. The standard InChI is InChI=1S/C14H24O3S/c1-2-3-4-5-6-8-11-14(18(15,16)17)12-9-7-10-13-14/h7,9-10,12H,2-6,8,11,13H2,1H3,(H,15,16,17). The number of unbranched alkanes of at least 4 members (excludes halogenated alkanes) is 5. The van der Waals surface area contributed by atoms with Crippen LogP contribution in [0.15, 0.2) is 24.3 Å². The van der Waals surface area contributed by atoms with Gasteiger partial charge in [0.15, 0.2) is 0 Å². The lowest BCUT2D eigenvalue weighted by Gasteiger charge is -2.27. The fourth-order valence-corrected chi connectivity index (χ4v) is 3.31. The second-order valence-electron chi connectivity index (χ2n) is 5.05. The summed E-state index contributed by atoms with van der Waals surface area (Å²) in [6.07, 6.45) is 14.6. The van der Waals surface area contributed by atoms with Crippen molar-refractivity contribution in [3.63, 3.8) is 0 Å². The number of rotatable bonds is 8. The van der Waals surface area contributed by atoms with Crippen molar-refractivity contribution in [2.75, 3.05) is 0 Å². The monoisotopic (exact) mass is 272 g/mol. The van der Waals surface area contributed by atoms with E-state index in [2.05, 4.69) is 6.92 Å². The molecule has 104 valence electrons. The van der Waals surface area contributed by atoms with Crippen molar-refractivity contribution in [1.82, 2.24) is 0 Å². The third-order valence-electron chi connectivity index (χ3n) is 3.58. The molecule has 0 amide bonds. The Bertz CT molecular complexity index is 395. The fourth-order valence-electron chi connectivity index (χ4n) is 2.36. The lowest BCUT2D eigenvalue weighted by molar-refractivity contribution is 0.426. The summed E-state index contributed by atoms with van der Waals surface area (Å²) in [6.45, 7) is 2.17. The Kier molecular flexibility index (Phi) is 6.09. The predicted molar refractivity (Wildman–Crippen MR) is 75.2 cm³/mol. The summed E-state index contributed by atoms with van der Waals surface area (Å²) in [6, 6.07) is 0. The molecule has 0 saturated heterocycles. The zero-order valence-electron chi connectivity index (χ0n) is 11.1. The Labute approximate surface area is 111 Å². The van der Waals surface area contributed by atoms with Crippen molar-refractivity contribution < 1.29 is 13.0 Å². The van der Waals surface area contributed by atoms with E-state index in [0.29, 0.717) is 12.8 Å². The Morgan fingerprint density at radius 2 is 1.78 bits per heavy atom. The smallest absolute Gasteiger partial charge is 0.274 e. The van der Waals surface area contributed by atoms with Crippen LogP contribution in [0, 0.1) is 0 Å². The van der Waals surface area contributed by atoms with Gasteiger partial charge < -0.3 is 0 Å². The molecule has 18 heavy (non-hydrogen) atoms. The van der Waals surface area contributed by atoms with Gasteiger partial charge in [0, 0.05) is 0 Å². The van der Waals surface area contributed by atoms with Crippen LogP contribution in [-0.2, 0) is 10.1 Å². The molecule has 1 N–H and O–H groups in total. The minimum Gasteiger partial charge on any atom is -0.285 e. The Morgan fingerprint density at radius 3 is 2.33 bits per heavy atom. The normalized spacial score (nSPS) is 23.4. The van der Waals surface area contributed by atoms with Gasteiger partial charge in [-0.25, -0.2) is 0 Å². The van der Waals surface area contributed by atoms with Crippen LogP contribution >= 0.6 is 0 Å². The highest BCUT2D eigenvalue weighted by Crippen LogP contribution is 2.32. The van der Waals surface area contributed by atoms with Crippen LogP contribution in [0.1, 0.15) is 58.3 Å². The molecule has 1 atom stereocenters. The average molecular weight is 272 g/mol. The summed E-state index contributed by atoms with van der Waals surface area (Å²) >= 11 is 0. The first-order chi connectivity index (χ1) is 8.52. The van der Waals surface area contributed by atoms with Gasteiger partial charge in [-0.3, -0.25) is 4.55 Å². The molecule has 4 heteroatoms. The fraction of sp³-hybridized carbons (Fsp3) is 0.714. The lowest BCUT2D eigenvalue weighted by Crippen LogP contribution is -2.36. The van der Waals surface area contributed by atoms with Crippen LogP contribution in [0.2, 0.25) is 0 Å². The summed E-state index contributed by atoms with van der Waals surface area (Å²) in [4.78, 5) is 0. The highest BCUT2D eigenvalue weighted by atomic mass is 32.2. The van der Waals surface area contributed by atoms with Crippen molar-refractivity contribution >= 4 is 10.1 Å². The maximum Gasteiger partial charge on any atom is 0.274 e. The first-order valence-corrected chi connectivity index (χ1v) is 8.27. The van der Waals surface area contributed by atoms with Crippen molar-refractivity contribution in [2.24, 2.45) is 0 Å². The zero-order valence-corrected chi connectivity index (χ0v) is 12.0. The lowest BCUT2D eigenvalue weighted by atomic mass is 9.93. The minimum atomic E-state index is -4.02. The van der Waals surface area contributed by atoms with Crippen LogP contribution in [0.25, 0.3) is 0 Å². The van der Waals surface area contributed by atoms with Crippen molar-refractivity contribution in [3.05, 3.63) is 24.3 Å². The number of hydrogen-bond donors (Lipinski definition) is 1. The molecule has 0 bridgehead atoms. The van der Waals surface area contributed by atoms with E-state index >= 15 is 0 Å². The van der Waals surface area contributed by atoms with E-state index in [1.165, 1.54) is 19.3 Å². The molecule has 0 aliphatic heterocycles. The van der Waals surface area contributed by atoms with E-state index in [1.54, 1.807) is 12.2 Å². The molecular weight excluding hydrogens is 248 g/mol. The summed E-state index contributed by atoms with van der Waals surface area (Å²) in [5.41, 5.74) is 0. The first kappa shape index (κ1) is 15.4. The summed E-state index contributed by atoms with van der Waals surface area (Å²) in [7, 11) is -4.02. The Balaban J connectivity index is 2.45. The van der Waals surface area contributed by atoms with Crippen molar-refractivity contribution in [1.29, 1.82) is 0 Å². The molecule has 0 fully saturated rings. The summed E-state index contributed by atoms with van der Waals surface area (Å²) in [5.74, 6) is 0. The van der Waals surface area contributed by atoms with Gasteiger partial charge in [0.05, 0.1) is 0 Å². The van der Waals surface area contributed by atoms with E-state index in [9.17, 15) is 13.0 Å². The van der Waals surface area contributed by atoms with Crippen molar-refractivity contribution in [2.45, 2.75) is 63.0 Å². The predicted octanol–water partition coefficient (Wildman–Crippen LogP) is 3.88. The maximum atomic E-state index is 11.5. The second-order valence-corrected chi connectivity index (χ2v) is 6.81.